The van der Waals surface area contributed by atoms with Gasteiger partial charge in [-0.3, -0.25) is 4.79 Å². The molecule has 1 aromatic rings. The number of nitrogens with one attached hydrogen (secondary N) is 1. The van der Waals surface area contributed by atoms with Gasteiger partial charge in [-0.15, -0.1) is 0 Å². The van der Waals surface area contributed by atoms with Gasteiger partial charge in [0.1, 0.15) is 18.8 Å². The maximum atomic E-state index is 12.3. The van der Waals surface area contributed by atoms with E-state index in [9.17, 15) is 14.9 Å². The molecule has 1 aliphatic heterocycles. The number of benzene rings is 1. The average molecular weight is 362 g/mol. The fourth-order valence-corrected chi connectivity index (χ4v) is 2.23. The molecule has 0 saturated carbocycles. The monoisotopic (exact) mass is 362 g/mol. The van der Waals surface area contributed by atoms with Crippen molar-refractivity contribution >= 4 is 11.9 Å². The van der Waals surface area contributed by atoms with Crippen molar-refractivity contribution in [1.29, 1.82) is 5.26 Å². The number of rotatable bonds is 6. The van der Waals surface area contributed by atoms with Crippen LogP contribution in [0.25, 0.3) is 0 Å². The van der Waals surface area contributed by atoms with Gasteiger partial charge in [-0.2, -0.15) is 5.26 Å². The number of hydrogen-bond donors (Lipinski definition) is 1. The zero-order valence-corrected chi connectivity index (χ0v) is 15.3. The molecule has 2 rings (SSSR count). The lowest BCUT2D eigenvalue weighted by Gasteiger charge is -2.27. The lowest BCUT2D eigenvalue weighted by Crippen LogP contribution is -2.50. The van der Waals surface area contributed by atoms with E-state index in [-0.39, 0.29) is 11.5 Å². The first-order chi connectivity index (χ1) is 12.3. The highest BCUT2D eigenvalue weighted by molar-refractivity contribution is 5.93. The molecular formula is C18H22N2O6. The molecule has 8 nitrogen and oxygen atoms in total. The summed E-state index contributed by atoms with van der Waals surface area (Å²) >= 11 is 0. The van der Waals surface area contributed by atoms with Gasteiger partial charge in [-0.25, -0.2) is 4.79 Å². The summed E-state index contributed by atoms with van der Waals surface area (Å²) in [7, 11) is 1.45. The summed E-state index contributed by atoms with van der Waals surface area (Å²) in [6.07, 6.45) is 0. The van der Waals surface area contributed by atoms with Gasteiger partial charge in [0.2, 0.25) is 5.75 Å². The quantitative estimate of drug-likeness (QED) is 0.767. The first-order valence-electron chi connectivity index (χ1n) is 8.17. The topological polar surface area (TPSA) is 107 Å². The van der Waals surface area contributed by atoms with Crippen LogP contribution in [0.1, 0.15) is 31.1 Å². The number of amides is 1. The van der Waals surface area contributed by atoms with Crippen molar-refractivity contribution in [3.05, 3.63) is 17.7 Å². The number of nitrogens with zero attached hydrogens (tertiary/aromatic N) is 1. The Kier molecular flexibility index (Phi) is 5.93. The molecule has 0 saturated heterocycles. The van der Waals surface area contributed by atoms with Crippen LogP contribution in [0.3, 0.4) is 0 Å². The van der Waals surface area contributed by atoms with Gasteiger partial charge in [0, 0.05) is 0 Å². The minimum atomic E-state index is -1.04. The molecule has 1 heterocycles. The summed E-state index contributed by atoms with van der Waals surface area (Å²) in [5.41, 5.74) is -0.866. The minimum absolute atomic E-state index is 0.103. The first kappa shape index (κ1) is 19.4. The zero-order chi connectivity index (χ0) is 19.3. The van der Waals surface area contributed by atoms with Crippen LogP contribution in [0, 0.1) is 17.2 Å². The van der Waals surface area contributed by atoms with Gasteiger partial charge in [-0.1, -0.05) is 13.8 Å². The molecular weight excluding hydrogens is 340 g/mol. The Balaban J connectivity index is 2.04. The second-order valence-corrected chi connectivity index (χ2v) is 6.30. The standard InChI is InChI=1S/C18H22N2O6/c1-11(2)18(3,10-19)20-15(21)9-26-17(22)12-7-13(23-4)16-14(8-12)24-5-6-25-16/h7-8,11H,5-6,9H2,1-4H3,(H,20,21)/t18-/m0/s1. The van der Waals surface area contributed by atoms with E-state index >= 15 is 0 Å². The molecule has 1 amide bonds. The zero-order valence-electron chi connectivity index (χ0n) is 15.3. The summed E-state index contributed by atoms with van der Waals surface area (Å²) in [6.45, 7) is 5.50. The van der Waals surface area contributed by atoms with Crippen LogP contribution in [-0.2, 0) is 9.53 Å². The van der Waals surface area contributed by atoms with Gasteiger partial charge in [0.05, 0.1) is 18.7 Å². The summed E-state index contributed by atoms with van der Waals surface area (Å²) in [6, 6.07) is 4.99. The van der Waals surface area contributed by atoms with Crippen molar-refractivity contribution in [3.63, 3.8) is 0 Å². The number of ether oxygens (including phenoxy) is 4. The third-order valence-electron chi connectivity index (χ3n) is 4.18. The molecule has 0 aliphatic carbocycles. The third kappa shape index (κ3) is 4.17. The first-order valence-corrected chi connectivity index (χ1v) is 8.17. The van der Waals surface area contributed by atoms with E-state index in [4.69, 9.17) is 18.9 Å². The van der Waals surface area contributed by atoms with Crippen molar-refractivity contribution < 1.29 is 28.5 Å². The van der Waals surface area contributed by atoms with Crippen molar-refractivity contribution in [3.8, 4) is 23.3 Å². The molecule has 1 aromatic carbocycles. The highest BCUT2D eigenvalue weighted by Crippen LogP contribution is 2.40. The van der Waals surface area contributed by atoms with Crippen LogP contribution in [-0.4, -0.2) is 44.3 Å². The highest BCUT2D eigenvalue weighted by Gasteiger charge is 2.30. The number of esters is 1. The van der Waals surface area contributed by atoms with E-state index in [1.165, 1.54) is 19.2 Å². The molecule has 0 aromatic heterocycles. The smallest absolute Gasteiger partial charge is 0.338 e. The number of fused-ring (bicyclic) bond motifs is 1. The van der Waals surface area contributed by atoms with E-state index in [1.54, 1.807) is 6.92 Å². The van der Waals surface area contributed by atoms with Crippen LogP contribution in [0.5, 0.6) is 17.2 Å². The van der Waals surface area contributed by atoms with E-state index in [1.807, 2.05) is 13.8 Å². The molecule has 0 radical (unpaired) electrons. The molecule has 0 fully saturated rings. The Hall–Kier alpha value is -2.95. The lowest BCUT2D eigenvalue weighted by atomic mass is 9.90. The van der Waals surface area contributed by atoms with E-state index in [0.29, 0.717) is 30.5 Å². The van der Waals surface area contributed by atoms with Crippen molar-refractivity contribution in [2.24, 2.45) is 5.92 Å². The number of carbonyl (C=O) groups excluding carboxylic acids is 2. The summed E-state index contributed by atoms with van der Waals surface area (Å²) < 4.78 is 21.2. The summed E-state index contributed by atoms with van der Waals surface area (Å²) in [4.78, 5) is 24.3. The van der Waals surface area contributed by atoms with Crippen molar-refractivity contribution in [2.45, 2.75) is 26.3 Å². The van der Waals surface area contributed by atoms with Crippen LogP contribution < -0.4 is 19.5 Å². The fraction of sp³-hybridized carbons (Fsp3) is 0.500. The Morgan fingerprint density at radius 1 is 1.35 bits per heavy atom. The molecule has 1 N–H and O–H groups in total. The minimum Gasteiger partial charge on any atom is -0.493 e. The van der Waals surface area contributed by atoms with Crippen molar-refractivity contribution in [2.75, 3.05) is 26.9 Å². The molecule has 8 heteroatoms. The van der Waals surface area contributed by atoms with Crippen LogP contribution >= 0.6 is 0 Å². The van der Waals surface area contributed by atoms with Crippen molar-refractivity contribution in [1.82, 2.24) is 5.32 Å². The molecule has 0 spiro atoms. The molecule has 140 valence electrons. The molecule has 1 aliphatic rings. The lowest BCUT2D eigenvalue weighted by molar-refractivity contribution is -0.125. The van der Waals surface area contributed by atoms with E-state index in [0.717, 1.165) is 0 Å². The van der Waals surface area contributed by atoms with Crippen LogP contribution in [0.4, 0.5) is 0 Å². The van der Waals surface area contributed by atoms with Gasteiger partial charge in [-0.05, 0) is 25.0 Å². The maximum Gasteiger partial charge on any atom is 0.338 e. The highest BCUT2D eigenvalue weighted by atomic mass is 16.6. The molecule has 0 bridgehead atoms. The third-order valence-corrected chi connectivity index (χ3v) is 4.18. The number of carbonyl (C=O) groups is 2. The fourth-order valence-electron chi connectivity index (χ4n) is 2.23. The second-order valence-electron chi connectivity index (χ2n) is 6.30. The van der Waals surface area contributed by atoms with E-state index in [2.05, 4.69) is 11.4 Å². The Morgan fingerprint density at radius 3 is 2.65 bits per heavy atom. The molecule has 1 atom stereocenters. The predicted molar refractivity (Wildman–Crippen MR) is 91.3 cm³/mol. The molecule has 26 heavy (non-hydrogen) atoms. The molecule has 0 unspecified atom stereocenters. The second kappa shape index (κ2) is 7.95. The summed E-state index contributed by atoms with van der Waals surface area (Å²) in [5, 5.41) is 11.8. The Bertz CT molecular complexity index is 723. The number of hydrogen-bond acceptors (Lipinski definition) is 7. The Morgan fingerprint density at radius 2 is 2.04 bits per heavy atom. The number of methoxy groups -OCH3 is 1. The average Bonchev–Trinajstić information content (AvgIpc) is 2.64. The van der Waals surface area contributed by atoms with Gasteiger partial charge >= 0.3 is 5.97 Å². The maximum absolute atomic E-state index is 12.3. The summed E-state index contributed by atoms with van der Waals surface area (Å²) in [5.74, 6) is -0.220. The van der Waals surface area contributed by atoms with Crippen LogP contribution in [0.2, 0.25) is 0 Å². The van der Waals surface area contributed by atoms with Gasteiger partial charge in [0.15, 0.2) is 18.1 Å². The largest absolute Gasteiger partial charge is 0.493 e. The number of nitriles is 1. The predicted octanol–water partition coefficient (Wildman–Crippen LogP) is 1.68. The van der Waals surface area contributed by atoms with Crippen LogP contribution in [0.15, 0.2) is 12.1 Å². The van der Waals surface area contributed by atoms with E-state index < -0.39 is 24.0 Å². The van der Waals surface area contributed by atoms with Gasteiger partial charge < -0.3 is 24.3 Å². The normalized spacial score (nSPS) is 14.8. The Labute approximate surface area is 152 Å². The van der Waals surface area contributed by atoms with Gasteiger partial charge in [0.25, 0.3) is 5.91 Å². The SMILES string of the molecule is COc1cc(C(=O)OCC(=O)N[C@@](C)(C#N)C(C)C)cc2c1OCCO2.